The first-order valence-electron chi connectivity index (χ1n) is 5.67. The maximum absolute atomic E-state index is 11.1. The molecule has 0 saturated heterocycles. The molecule has 1 aliphatic rings. The highest BCUT2D eigenvalue weighted by molar-refractivity contribution is 5.94. The molecular weight excluding hydrogens is 220 g/mol. The van der Waals surface area contributed by atoms with Gasteiger partial charge in [0.15, 0.2) is 0 Å². The van der Waals surface area contributed by atoms with Crippen LogP contribution in [0.5, 0.6) is 0 Å². The fourth-order valence-corrected chi connectivity index (χ4v) is 1.88. The van der Waals surface area contributed by atoms with Crippen molar-refractivity contribution in [2.75, 3.05) is 25.2 Å². The Morgan fingerprint density at radius 3 is 3.00 bits per heavy atom. The molecule has 17 heavy (non-hydrogen) atoms. The molecule has 1 N–H and O–H groups in total. The third-order valence-electron chi connectivity index (χ3n) is 2.86. The summed E-state index contributed by atoms with van der Waals surface area (Å²) in [7, 11) is 1.65. The van der Waals surface area contributed by atoms with Gasteiger partial charge < -0.3 is 14.7 Å². The second kappa shape index (κ2) is 5.14. The maximum Gasteiger partial charge on any atom is 0.339 e. The summed E-state index contributed by atoms with van der Waals surface area (Å²) in [4.78, 5) is 17.1. The Hall–Kier alpha value is -1.62. The summed E-state index contributed by atoms with van der Waals surface area (Å²) in [6, 6.07) is 2.21. The molecule has 1 aromatic heterocycles. The lowest BCUT2D eigenvalue weighted by Crippen LogP contribution is -2.31. The van der Waals surface area contributed by atoms with Gasteiger partial charge in [0.2, 0.25) is 0 Å². The van der Waals surface area contributed by atoms with Crippen LogP contribution in [0.3, 0.4) is 0 Å². The standard InChI is InChI=1S/C12H16N2O3/c1-17-7-6-14(9-2-3-9)11-4-5-13-8-10(11)12(15)16/h4-5,8-9H,2-3,6-7H2,1H3,(H,15,16). The third-order valence-corrected chi connectivity index (χ3v) is 2.86. The second-order valence-electron chi connectivity index (χ2n) is 4.12. The van der Waals surface area contributed by atoms with Crippen LogP contribution in [0, 0.1) is 0 Å². The molecule has 0 bridgehead atoms. The molecule has 1 fully saturated rings. The Bertz CT molecular complexity index is 404. The number of carboxylic acid groups (broad SMARTS) is 1. The van der Waals surface area contributed by atoms with Crippen LogP contribution in [0.15, 0.2) is 18.5 Å². The molecule has 1 aromatic rings. The quantitative estimate of drug-likeness (QED) is 0.808. The van der Waals surface area contributed by atoms with Gasteiger partial charge in [-0.2, -0.15) is 0 Å². The van der Waals surface area contributed by atoms with E-state index in [1.54, 1.807) is 19.4 Å². The van der Waals surface area contributed by atoms with Crippen LogP contribution >= 0.6 is 0 Å². The van der Waals surface area contributed by atoms with Crippen LogP contribution < -0.4 is 4.90 Å². The molecule has 5 nitrogen and oxygen atoms in total. The Morgan fingerprint density at radius 2 is 2.41 bits per heavy atom. The van der Waals surface area contributed by atoms with E-state index in [1.807, 2.05) is 0 Å². The topological polar surface area (TPSA) is 62.7 Å². The Kier molecular flexibility index (Phi) is 3.58. The first kappa shape index (κ1) is 11.9. The number of anilines is 1. The molecule has 5 heteroatoms. The number of hydrogen-bond donors (Lipinski definition) is 1. The highest BCUT2D eigenvalue weighted by Gasteiger charge is 2.31. The van der Waals surface area contributed by atoms with Gasteiger partial charge in [-0.25, -0.2) is 4.79 Å². The molecule has 0 radical (unpaired) electrons. The van der Waals surface area contributed by atoms with E-state index in [2.05, 4.69) is 9.88 Å². The SMILES string of the molecule is COCCN(c1ccncc1C(=O)O)C1CC1. The van der Waals surface area contributed by atoms with Gasteiger partial charge in [-0.3, -0.25) is 4.98 Å². The lowest BCUT2D eigenvalue weighted by molar-refractivity contribution is 0.0697. The van der Waals surface area contributed by atoms with Crippen molar-refractivity contribution in [3.63, 3.8) is 0 Å². The number of nitrogens with zero attached hydrogens (tertiary/aromatic N) is 2. The fraction of sp³-hybridized carbons (Fsp3) is 0.500. The van der Waals surface area contributed by atoms with Crippen LogP contribution in [0.2, 0.25) is 0 Å². The molecular formula is C12H16N2O3. The number of pyridine rings is 1. The molecule has 1 saturated carbocycles. The van der Waals surface area contributed by atoms with Gasteiger partial charge in [-0.1, -0.05) is 0 Å². The summed E-state index contributed by atoms with van der Waals surface area (Å²) in [5.41, 5.74) is 1.00. The smallest absolute Gasteiger partial charge is 0.339 e. The summed E-state index contributed by atoms with van der Waals surface area (Å²) >= 11 is 0. The van der Waals surface area contributed by atoms with E-state index >= 15 is 0 Å². The number of aromatic carboxylic acids is 1. The molecule has 1 heterocycles. The highest BCUT2D eigenvalue weighted by Crippen LogP contribution is 2.32. The van der Waals surface area contributed by atoms with E-state index in [1.165, 1.54) is 6.20 Å². The molecule has 0 unspecified atom stereocenters. The van der Waals surface area contributed by atoms with Crippen molar-refractivity contribution in [3.8, 4) is 0 Å². The van der Waals surface area contributed by atoms with Crippen LogP contribution in [0.1, 0.15) is 23.2 Å². The number of hydrogen-bond acceptors (Lipinski definition) is 4. The minimum absolute atomic E-state index is 0.260. The number of methoxy groups -OCH3 is 1. The summed E-state index contributed by atoms with van der Waals surface area (Å²) < 4.78 is 5.07. The molecule has 1 aliphatic carbocycles. The maximum atomic E-state index is 11.1. The minimum Gasteiger partial charge on any atom is -0.478 e. The van der Waals surface area contributed by atoms with Crippen molar-refractivity contribution < 1.29 is 14.6 Å². The average molecular weight is 236 g/mol. The van der Waals surface area contributed by atoms with Crippen LogP contribution in [0.4, 0.5) is 5.69 Å². The van der Waals surface area contributed by atoms with Crippen molar-refractivity contribution in [2.24, 2.45) is 0 Å². The van der Waals surface area contributed by atoms with Gasteiger partial charge in [-0.15, -0.1) is 0 Å². The summed E-state index contributed by atoms with van der Waals surface area (Å²) in [6.07, 6.45) is 5.26. The van der Waals surface area contributed by atoms with Gasteiger partial charge in [0, 0.05) is 32.1 Å². The number of carbonyl (C=O) groups is 1. The van der Waals surface area contributed by atoms with E-state index < -0.39 is 5.97 Å². The van der Waals surface area contributed by atoms with Gasteiger partial charge in [0.05, 0.1) is 12.3 Å². The number of ether oxygens (including phenoxy) is 1. The first-order chi connectivity index (χ1) is 8.24. The molecule has 2 rings (SSSR count). The molecule has 0 spiro atoms. The van der Waals surface area contributed by atoms with Gasteiger partial charge in [0.25, 0.3) is 0 Å². The second-order valence-corrected chi connectivity index (χ2v) is 4.12. The van der Waals surface area contributed by atoms with Gasteiger partial charge >= 0.3 is 5.97 Å². The Balaban J connectivity index is 2.25. The molecule has 0 amide bonds. The van der Waals surface area contributed by atoms with Crippen molar-refractivity contribution >= 4 is 11.7 Å². The zero-order valence-corrected chi connectivity index (χ0v) is 9.80. The average Bonchev–Trinajstić information content (AvgIpc) is 3.14. The van der Waals surface area contributed by atoms with Crippen molar-refractivity contribution in [1.82, 2.24) is 4.98 Å². The number of aromatic nitrogens is 1. The Labute approximate surface area is 100 Å². The van der Waals surface area contributed by atoms with E-state index in [4.69, 9.17) is 9.84 Å². The Morgan fingerprint density at radius 1 is 1.65 bits per heavy atom. The zero-order chi connectivity index (χ0) is 12.3. The predicted octanol–water partition coefficient (Wildman–Crippen LogP) is 1.40. The largest absolute Gasteiger partial charge is 0.478 e. The van der Waals surface area contributed by atoms with Crippen LogP contribution in [-0.4, -0.2) is 42.4 Å². The van der Waals surface area contributed by atoms with Crippen LogP contribution in [-0.2, 0) is 4.74 Å². The summed E-state index contributed by atoms with van der Waals surface area (Å²) in [5, 5.41) is 9.14. The summed E-state index contributed by atoms with van der Waals surface area (Å²) in [5.74, 6) is -0.934. The first-order valence-corrected chi connectivity index (χ1v) is 5.67. The van der Waals surface area contributed by atoms with E-state index in [9.17, 15) is 4.79 Å². The zero-order valence-electron chi connectivity index (χ0n) is 9.80. The number of rotatable bonds is 6. The van der Waals surface area contributed by atoms with Gasteiger partial charge in [0.1, 0.15) is 5.56 Å². The minimum atomic E-state index is -0.934. The normalized spacial score (nSPS) is 14.6. The van der Waals surface area contributed by atoms with E-state index in [0.717, 1.165) is 18.5 Å². The molecule has 0 aromatic carbocycles. The van der Waals surface area contributed by atoms with Crippen molar-refractivity contribution in [1.29, 1.82) is 0 Å². The van der Waals surface area contributed by atoms with E-state index in [-0.39, 0.29) is 5.56 Å². The molecule has 0 atom stereocenters. The number of carboxylic acids is 1. The van der Waals surface area contributed by atoms with E-state index in [0.29, 0.717) is 19.2 Å². The molecule has 92 valence electrons. The van der Waals surface area contributed by atoms with Gasteiger partial charge in [-0.05, 0) is 18.9 Å². The molecule has 0 aliphatic heterocycles. The predicted molar refractivity (Wildman–Crippen MR) is 63.4 cm³/mol. The summed E-state index contributed by atoms with van der Waals surface area (Å²) in [6.45, 7) is 1.31. The highest BCUT2D eigenvalue weighted by atomic mass is 16.5. The third kappa shape index (κ3) is 2.74. The lowest BCUT2D eigenvalue weighted by atomic mass is 10.2. The van der Waals surface area contributed by atoms with Crippen molar-refractivity contribution in [2.45, 2.75) is 18.9 Å². The van der Waals surface area contributed by atoms with Crippen LogP contribution in [0.25, 0.3) is 0 Å². The fourth-order valence-electron chi connectivity index (χ4n) is 1.88. The monoisotopic (exact) mass is 236 g/mol. The lowest BCUT2D eigenvalue weighted by Gasteiger charge is -2.25. The van der Waals surface area contributed by atoms with Crippen molar-refractivity contribution in [3.05, 3.63) is 24.0 Å².